The van der Waals surface area contributed by atoms with Gasteiger partial charge in [0.05, 0.1) is 0 Å². The Kier molecular flexibility index (Phi) is 1.85. The maximum atomic E-state index is 12.4. The molecule has 1 aromatic rings. The molecular weight excluding hydrogens is 160 g/mol. The summed E-state index contributed by atoms with van der Waals surface area (Å²) in [7, 11) is 0. The Morgan fingerprint density at radius 2 is 1.55 bits per heavy atom. The lowest BCUT2D eigenvalue weighted by atomic mass is 10.2. The fraction of sp³-hybridized carbons (Fsp3) is 0.143. The summed E-state index contributed by atoms with van der Waals surface area (Å²) in [6, 6.07) is 0.605. The van der Waals surface area contributed by atoms with E-state index in [1.807, 2.05) is 0 Å². The third-order valence-electron chi connectivity index (χ3n) is 1.28. The molecule has 0 spiro atoms. The lowest BCUT2D eigenvalue weighted by molar-refractivity contribution is 0.406. The minimum Gasteiger partial charge on any atom is -0.204 e. The molecule has 0 saturated heterocycles. The molecule has 0 N–H and O–H groups in total. The van der Waals surface area contributed by atoms with Crippen LogP contribution in [-0.4, -0.2) is 0 Å². The highest BCUT2D eigenvalue weighted by atomic mass is 19.2. The van der Waals surface area contributed by atoms with Gasteiger partial charge in [0.2, 0.25) is 0 Å². The van der Waals surface area contributed by atoms with Crippen molar-refractivity contribution >= 4 is 0 Å². The zero-order valence-electron chi connectivity index (χ0n) is 5.59. The zero-order valence-corrected chi connectivity index (χ0v) is 5.59. The Hall–Kier alpha value is -1.06. The Morgan fingerprint density at radius 1 is 1.00 bits per heavy atom. The minimum atomic E-state index is -1.77. The first kappa shape index (κ1) is 8.04. The van der Waals surface area contributed by atoms with Crippen LogP contribution in [0.1, 0.15) is 6.99 Å². The van der Waals surface area contributed by atoms with Crippen molar-refractivity contribution in [2.45, 2.75) is 6.92 Å². The van der Waals surface area contributed by atoms with Crippen LogP contribution in [0, 0.1) is 30.2 Å². The molecule has 0 saturated carbocycles. The van der Waals surface area contributed by atoms with Crippen molar-refractivity contribution in [1.82, 2.24) is 0 Å². The molecule has 0 aliphatic heterocycles. The minimum absolute atomic E-state index is 0. The molecular formula is C7H6F4. The maximum absolute atomic E-state index is 12.4. The average Bonchev–Trinajstić information content (AvgIpc) is 1.97. The van der Waals surface area contributed by atoms with E-state index in [2.05, 4.69) is 0 Å². The molecule has 0 heterocycles. The molecule has 0 bridgehead atoms. The van der Waals surface area contributed by atoms with E-state index in [4.69, 9.17) is 0 Å². The van der Waals surface area contributed by atoms with Gasteiger partial charge in [-0.1, -0.05) is 0 Å². The monoisotopic (exact) mass is 166 g/mol. The molecule has 11 heavy (non-hydrogen) atoms. The zero-order chi connectivity index (χ0) is 8.59. The van der Waals surface area contributed by atoms with Crippen molar-refractivity contribution in [3.63, 3.8) is 0 Å². The van der Waals surface area contributed by atoms with Crippen LogP contribution in [0.25, 0.3) is 0 Å². The van der Waals surface area contributed by atoms with E-state index >= 15 is 0 Å². The van der Waals surface area contributed by atoms with Crippen LogP contribution in [-0.2, 0) is 0 Å². The molecule has 0 aliphatic rings. The van der Waals surface area contributed by atoms with Crippen LogP contribution in [0.2, 0.25) is 0 Å². The van der Waals surface area contributed by atoms with Gasteiger partial charge in [0.15, 0.2) is 23.3 Å². The number of aryl methyl sites for hydroxylation is 1. The summed E-state index contributed by atoms with van der Waals surface area (Å²) in [5.74, 6) is -6.25. The summed E-state index contributed by atoms with van der Waals surface area (Å²) in [5, 5.41) is 0. The topological polar surface area (TPSA) is 0 Å². The Morgan fingerprint density at radius 3 is 2.09 bits per heavy atom. The second kappa shape index (κ2) is 2.53. The Bertz CT molecular complexity index is 272. The maximum Gasteiger partial charge on any atom is 0.197 e. The number of rotatable bonds is 0. The molecule has 4 heteroatoms. The molecule has 1 rings (SSSR count). The van der Waals surface area contributed by atoms with Gasteiger partial charge in [-0.3, -0.25) is 0 Å². The first-order valence-corrected chi connectivity index (χ1v) is 2.83. The van der Waals surface area contributed by atoms with Gasteiger partial charge in [-0.05, 0) is 18.6 Å². The van der Waals surface area contributed by atoms with Gasteiger partial charge in [0, 0.05) is 1.43 Å². The van der Waals surface area contributed by atoms with Crippen molar-refractivity contribution in [2.75, 3.05) is 0 Å². The summed E-state index contributed by atoms with van der Waals surface area (Å²) in [5.41, 5.74) is -0.249. The van der Waals surface area contributed by atoms with Gasteiger partial charge >= 0.3 is 0 Å². The van der Waals surface area contributed by atoms with Crippen LogP contribution in [0.4, 0.5) is 17.6 Å². The third-order valence-corrected chi connectivity index (χ3v) is 1.28. The van der Waals surface area contributed by atoms with E-state index in [-0.39, 0.29) is 6.99 Å². The predicted molar refractivity (Wildman–Crippen MR) is 33.1 cm³/mol. The number of halogens is 4. The van der Waals surface area contributed by atoms with Crippen LogP contribution in [0.3, 0.4) is 0 Å². The first-order valence-electron chi connectivity index (χ1n) is 2.83. The molecule has 1 aromatic carbocycles. The van der Waals surface area contributed by atoms with E-state index in [0.717, 1.165) is 6.92 Å². The van der Waals surface area contributed by atoms with Crippen LogP contribution in [0.5, 0.6) is 0 Å². The lowest BCUT2D eigenvalue weighted by Gasteiger charge is -1.99. The van der Waals surface area contributed by atoms with Crippen molar-refractivity contribution in [2.24, 2.45) is 0 Å². The molecule has 0 radical (unpaired) electrons. The molecule has 0 atom stereocenters. The second-order valence-electron chi connectivity index (χ2n) is 2.12. The summed E-state index contributed by atoms with van der Waals surface area (Å²) in [6.07, 6.45) is 0. The largest absolute Gasteiger partial charge is 0.204 e. The quantitative estimate of drug-likeness (QED) is 0.316. The van der Waals surface area contributed by atoms with Gasteiger partial charge in [-0.2, -0.15) is 0 Å². The second-order valence-corrected chi connectivity index (χ2v) is 2.12. The summed E-state index contributed by atoms with van der Waals surface area (Å²) >= 11 is 0. The highest BCUT2D eigenvalue weighted by Crippen LogP contribution is 2.17. The van der Waals surface area contributed by atoms with Gasteiger partial charge in [-0.25, -0.2) is 17.6 Å². The number of hydrogen-bond acceptors (Lipinski definition) is 0. The summed E-state index contributed by atoms with van der Waals surface area (Å²) in [6.45, 7) is 1.15. The van der Waals surface area contributed by atoms with E-state index in [9.17, 15) is 17.6 Å². The highest BCUT2D eigenvalue weighted by Gasteiger charge is 2.15. The lowest BCUT2D eigenvalue weighted by Crippen LogP contribution is -1.97. The van der Waals surface area contributed by atoms with Crippen molar-refractivity contribution in [3.8, 4) is 0 Å². The van der Waals surface area contributed by atoms with E-state index < -0.39 is 23.3 Å². The van der Waals surface area contributed by atoms with Gasteiger partial charge in [0.25, 0.3) is 0 Å². The van der Waals surface area contributed by atoms with Crippen molar-refractivity contribution in [1.29, 1.82) is 0 Å². The Labute approximate surface area is 61.9 Å². The molecule has 0 nitrogen and oxygen atoms in total. The Balaban J connectivity index is 0.00000121. The van der Waals surface area contributed by atoms with Crippen LogP contribution >= 0.6 is 0 Å². The van der Waals surface area contributed by atoms with Gasteiger partial charge in [-0.15, -0.1) is 0 Å². The molecule has 0 amide bonds. The number of benzene rings is 1. The van der Waals surface area contributed by atoms with Crippen molar-refractivity contribution < 1.29 is 19.0 Å². The third kappa shape index (κ3) is 1.20. The summed E-state index contributed by atoms with van der Waals surface area (Å²) < 4.78 is 49.1. The molecule has 62 valence electrons. The number of hydrogen-bond donors (Lipinski definition) is 0. The van der Waals surface area contributed by atoms with Crippen molar-refractivity contribution in [3.05, 3.63) is 34.9 Å². The van der Waals surface area contributed by atoms with Crippen LogP contribution in [0.15, 0.2) is 6.07 Å². The molecule has 0 unspecified atom stereocenters. The molecule has 0 fully saturated rings. The van der Waals surface area contributed by atoms with E-state index in [1.165, 1.54) is 0 Å². The normalized spacial score (nSPS) is 10.3. The average molecular weight is 166 g/mol. The molecule has 0 aromatic heterocycles. The predicted octanol–water partition coefficient (Wildman–Crippen LogP) is 2.80. The highest BCUT2D eigenvalue weighted by molar-refractivity contribution is 5.19. The van der Waals surface area contributed by atoms with E-state index in [0.29, 0.717) is 6.07 Å². The van der Waals surface area contributed by atoms with Gasteiger partial charge < -0.3 is 0 Å². The van der Waals surface area contributed by atoms with Crippen LogP contribution < -0.4 is 0 Å². The first-order chi connectivity index (χ1) is 5.04. The SMILES string of the molecule is Cc1cc(F)c(F)c(F)c1F.[HH]. The fourth-order valence-electron chi connectivity index (χ4n) is 0.691. The van der Waals surface area contributed by atoms with Gasteiger partial charge in [0.1, 0.15) is 0 Å². The molecule has 0 aliphatic carbocycles. The smallest absolute Gasteiger partial charge is 0.197 e. The summed E-state index contributed by atoms with van der Waals surface area (Å²) in [4.78, 5) is 0. The van der Waals surface area contributed by atoms with E-state index in [1.54, 1.807) is 0 Å². The fourth-order valence-corrected chi connectivity index (χ4v) is 0.691. The standard InChI is InChI=1S/C7H4F4.H2/c1-3-2-4(8)6(10)7(11)5(3)9;/h2H,1H3;1H.